The molecular weight excluding hydrogens is 257 g/mol. The van der Waals surface area contributed by atoms with Gasteiger partial charge in [0.2, 0.25) is 0 Å². The van der Waals surface area contributed by atoms with Crippen molar-refractivity contribution < 1.29 is 17.9 Å². The third kappa shape index (κ3) is 2.83. The minimum atomic E-state index is -1.43. The lowest BCUT2D eigenvalue weighted by molar-refractivity contribution is 0.299. The van der Waals surface area contributed by atoms with Gasteiger partial charge in [-0.2, -0.15) is 0 Å². The predicted octanol–water partition coefficient (Wildman–Crippen LogP) is 2.70. The minimum Gasteiger partial charge on any atom is -0.463 e. The van der Waals surface area contributed by atoms with E-state index in [4.69, 9.17) is 10.5 Å². The molecule has 2 N–H and O–H groups in total. The van der Waals surface area contributed by atoms with E-state index in [1.165, 1.54) is 6.07 Å². The molecule has 6 heteroatoms. The quantitative estimate of drug-likeness (QED) is 0.857. The first-order chi connectivity index (χ1) is 9.02. The number of rotatable bonds is 4. The zero-order valence-corrected chi connectivity index (χ0v) is 10.5. The molecule has 0 fully saturated rings. The van der Waals surface area contributed by atoms with Crippen LogP contribution in [0.2, 0.25) is 0 Å². The molecule has 19 heavy (non-hydrogen) atoms. The van der Waals surface area contributed by atoms with E-state index in [0.29, 0.717) is 19.4 Å². The van der Waals surface area contributed by atoms with Gasteiger partial charge in [-0.1, -0.05) is 13.0 Å². The maximum Gasteiger partial charge on any atom is 0.282 e. The van der Waals surface area contributed by atoms with Crippen LogP contribution in [0.1, 0.15) is 31.2 Å². The lowest BCUT2D eigenvalue weighted by atomic mass is 9.90. The number of hydrogen-bond acceptors (Lipinski definition) is 3. The van der Waals surface area contributed by atoms with Gasteiger partial charge in [-0.15, -0.1) is 0 Å². The van der Waals surface area contributed by atoms with Crippen molar-refractivity contribution in [3.63, 3.8) is 0 Å². The van der Waals surface area contributed by atoms with Gasteiger partial charge in [-0.05, 0) is 30.4 Å². The normalized spacial score (nSPS) is 20.0. The Labute approximate surface area is 109 Å². The first kappa shape index (κ1) is 13.7. The van der Waals surface area contributed by atoms with E-state index >= 15 is 0 Å². The Hall–Kier alpha value is -1.72. The first-order valence-electron chi connectivity index (χ1n) is 6.12. The van der Waals surface area contributed by atoms with Crippen LogP contribution < -0.4 is 5.73 Å². The summed E-state index contributed by atoms with van der Waals surface area (Å²) in [4.78, 5) is 4.05. The fourth-order valence-corrected chi connectivity index (χ4v) is 2.25. The van der Waals surface area contributed by atoms with Gasteiger partial charge in [0.15, 0.2) is 17.5 Å². The van der Waals surface area contributed by atoms with Crippen LogP contribution in [-0.2, 0) is 4.74 Å². The number of aliphatic imine (C=N–C) groups is 1. The van der Waals surface area contributed by atoms with Crippen molar-refractivity contribution >= 4 is 6.02 Å². The van der Waals surface area contributed by atoms with Crippen LogP contribution in [0.4, 0.5) is 13.2 Å². The average Bonchev–Trinajstić information content (AvgIpc) is 2.80. The Kier molecular flexibility index (Phi) is 3.97. The van der Waals surface area contributed by atoms with Crippen LogP contribution in [0.25, 0.3) is 0 Å². The van der Waals surface area contributed by atoms with Gasteiger partial charge in [0.05, 0.1) is 6.04 Å². The number of halogens is 3. The molecule has 1 aromatic rings. The average molecular weight is 272 g/mol. The summed E-state index contributed by atoms with van der Waals surface area (Å²) in [6, 6.07) is 2.17. The van der Waals surface area contributed by atoms with Crippen LogP contribution >= 0.6 is 0 Å². The largest absolute Gasteiger partial charge is 0.463 e. The molecule has 1 heterocycles. The highest BCUT2D eigenvalue weighted by Gasteiger charge is 2.25. The van der Waals surface area contributed by atoms with E-state index in [1.54, 1.807) is 0 Å². The molecule has 3 nitrogen and oxygen atoms in total. The van der Waals surface area contributed by atoms with Crippen LogP contribution in [0.15, 0.2) is 17.1 Å². The van der Waals surface area contributed by atoms with E-state index in [9.17, 15) is 13.2 Å². The number of ether oxygens (including phenoxy) is 1. The van der Waals surface area contributed by atoms with Gasteiger partial charge in [0.25, 0.3) is 6.02 Å². The number of nitrogens with zero attached hydrogens (tertiary/aromatic N) is 1. The van der Waals surface area contributed by atoms with E-state index in [0.717, 1.165) is 6.07 Å². The van der Waals surface area contributed by atoms with E-state index in [2.05, 4.69) is 4.99 Å². The van der Waals surface area contributed by atoms with Crippen molar-refractivity contribution in [1.82, 2.24) is 0 Å². The maximum absolute atomic E-state index is 13.7. The number of amidine groups is 1. The molecule has 1 aliphatic rings. The molecule has 0 saturated carbocycles. The number of nitrogens with two attached hydrogens (primary N) is 1. The molecule has 0 aromatic heterocycles. The summed E-state index contributed by atoms with van der Waals surface area (Å²) >= 11 is 0. The zero-order valence-electron chi connectivity index (χ0n) is 10.5. The lowest BCUT2D eigenvalue weighted by Crippen LogP contribution is -2.14. The van der Waals surface area contributed by atoms with Crippen molar-refractivity contribution in [1.29, 1.82) is 0 Å². The van der Waals surface area contributed by atoms with E-state index in [-0.39, 0.29) is 23.5 Å². The Morgan fingerprint density at radius 1 is 1.37 bits per heavy atom. The van der Waals surface area contributed by atoms with Crippen molar-refractivity contribution in [3.8, 4) is 0 Å². The predicted molar refractivity (Wildman–Crippen MR) is 65.3 cm³/mol. The molecule has 0 saturated heterocycles. The molecule has 0 radical (unpaired) electrons. The van der Waals surface area contributed by atoms with E-state index < -0.39 is 17.5 Å². The Bertz CT molecular complexity index is 505. The van der Waals surface area contributed by atoms with E-state index in [1.807, 2.05) is 6.92 Å². The minimum absolute atomic E-state index is 0.116. The fourth-order valence-electron chi connectivity index (χ4n) is 2.25. The monoisotopic (exact) mass is 272 g/mol. The van der Waals surface area contributed by atoms with Gasteiger partial charge in [-0.25, -0.2) is 18.2 Å². The van der Waals surface area contributed by atoms with Gasteiger partial charge in [0.1, 0.15) is 6.61 Å². The highest BCUT2D eigenvalue weighted by molar-refractivity contribution is 5.73. The molecule has 2 unspecified atom stereocenters. The lowest BCUT2D eigenvalue weighted by Gasteiger charge is -2.18. The van der Waals surface area contributed by atoms with Gasteiger partial charge >= 0.3 is 0 Å². The molecule has 0 spiro atoms. The van der Waals surface area contributed by atoms with Gasteiger partial charge < -0.3 is 10.5 Å². The van der Waals surface area contributed by atoms with Gasteiger partial charge in [0, 0.05) is 0 Å². The summed E-state index contributed by atoms with van der Waals surface area (Å²) in [5.74, 6) is -3.98. The fraction of sp³-hybridized carbons (Fsp3) is 0.462. The molecule has 1 aliphatic heterocycles. The molecule has 1 aromatic carbocycles. The summed E-state index contributed by atoms with van der Waals surface area (Å²) in [6.07, 6.45) is 1.08. The Morgan fingerprint density at radius 3 is 2.68 bits per heavy atom. The standard InChI is InChI=1S/C13H15F3N2O/c1-2-7(5-8-6-19-13(17)18-8)9-3-4-10(14)12(16)11(9)15/h3-4,7-8H,2,5-6H2,1H3,(H2,17,18). The topological polar surface area (TPSA) is 47.6 Å². The highest BCUT2D eigenvalue weighted by Crippen LogP contribution is 2.30. The summed E-state index contributed by atoms with van der Waals surface area (Å²) in [5, 5.41) is 0. The molecule has 0 bridgehead atoms. The summed E-state index contributed by atoms with van der Waals surface area (Å²) < 4.78 is 44.9. The molecule has 2 atom stereocenters. The molecule has 0 aliphatic carbocycles. The van der Waals surface area contributed by atoms with Crippen LogP contribution in [0, 0.1) is 17.5 Å². The number of benzene rings is 1. The van der Waals surface area contributed by atoms with Gasteiger partial charge in [-0.3, -0.25) is 0 Å². The zero-order chi connectivity index (χ0) is 14.0. The van der Waals surface area contributed by atoms with Crippen molar-refractivity contribution in [2.75, 3.05) is 6.61 Å². The second-order valence-electron chi connectivity index (χ2n) is 4.54. The van der Waals surface area contributed by atoms with Crippen molar-refractivity contribution in [2.24, 2.45) is 10.7 Å². The van der Waals surface area contributed by atoms with Crippen LogP contribution in [0.5, 0.6) is 0 Å². The molecule has 104 valence electrons. The van der Waals surface area contributed by atoms with Crippen molar-refractivity contribution in [2.45, 2.75) is 31.7 Å². The highest BCUT2D eigenvalue weighted by atomic mass is 19.2. The van der Waals surface area contributed by atoms with Crippen LogP contribution in [0.3, 0.4) is 0 Å². The Balaban J connectivity index is 2.20. The summed E-state index contributed by atoms with van der Waals surface area (Å²) in [6.45, 7) is 2.20. The Morgan fingerprint density at radius 2 is 2.11 bits per heavy atom. The third-order valence-corrected chi connectivity index (χ3v) is 3.29. The second-order valence-corrected chi connectivity index (χ2v) is 4.54. The van der Waals surface area contributed by atoms with Crippen LogP contribution in [-0.4, -0.2) is 18.7 Å². The molecular formula is C13H15F3N2O. The molecule has 0 amide bonds. The smallest absolute Gasteiger partial charge is 0.282 e. The SMILES string of the molecule is CCC(CC1COC(N)=N1)c1ccc(F)c(F)c1F. The molecule has 2 rings (SSSR count). The summed E-state index contributed by atoms with van der Waals surface area (Å²) in [5.41, 5.74) is 5.57. The first-order valence-corrected chi connectivity index (χ1v) is 6.12. The third-order valence-electron chi connectivity index (χ3n) is 3.29. The number of hydrogen-bond donors (Lipinski definition) is 1. The maximum atomic E-state index is 13.7. The van der Waals surface area contributed by atoms with Crippen molar-refractivity contribution in [3.05, 3.63) is 35.1 Å². The summed E-state index contributed by atoms with van der Waals surface area (Å²) in [7, 11) is 0. The second kappa shape index (κ2) is 5.50.